The zero-order valence-electron chi connectivity index (χ0n) is 8.44. The van der Waals surface area contributed by atoms with Crippen LogP contribution in [-0.4, -0.2) is 15.1 Å². The first kappa shape index (κ1) is 11.9. The van der Waals surface area contributed by atoms with Gasteiger partial charge in [0.2, 0.25) is 0 Å². The van der Waals surface area contributed by atoms with Gasteiger partial charge in [0.05, 0.1) is 5.02 Å². The zero-order valence-corrected chi connectivity index (χ0v) is 9.20. The number of halogens is 3. The van der Waals surface area contributed by atoms with E-state index in [4.69, 9.17) is 11.6 Å². The predicted molar refractivity (Wildman–Crippen MR) is 57.5 cm³/mol. The maximum Gasteiger partial charge on any atom is 0.142 e. The van der Waals surface area contributed by atoms with Gasteiger partial charge in [-0.05, 0) is 12.1 Å². The molecule has 17 heavy (non-hydrogen) atoms. The summed E-state index contributed by atoms with van der Waals surface area (Å²) in [7, 11) is 0. The number of hydrogen-bond acceptors (Lipinski definition) is 3. The van der Waals surface area contributed by atoms with Crippen molar-refractivity contribution >= 4 is 11.6 Å². The molecule has 0 fully saturated rings. The molecule has 1 aromatic heterocycles. The van der Waals surface area contributed by atoms with Crippen LogP contribution in [-0.2, 0) is 0 Å². The summed E-state index contributed by atoms with van der Waals surface area (Å²) in [5.74, 6) is -1.58. The average molecular weight is 257 g/mol. The highest BCUT2D eigenvalue weighted by molar-refractivity contribution is 6.30. The topological polar surface area (TPSA) is 46.0 Å². The monoisotopic (exact) mass is 256 g/mol. The second-order valence-corrected chi connectivity index (χ2v) is 3.77. The molecule has 1 heterocycles. The van der Waals surface area contributed by atoms with Gasteiger partial charge >= 0.3 is 0 Å². The fraction of sp³-hybridized carbons (Fsp3) is 0.0909. The van der Waals surface area contributed by atoms with Gasteiger partial charge in [0.1, 0.15) is 24.1 Å². The minimum absolute atomic E-state index is 0.207. The Labute approximate surface area is 101 Å². The zero-order chi connectivity index (χ0) is 12.4. The number of rotatable bonds is 2. The van der Waals surface area contributed by atoms with Crippen molar-refractivity contribution in [3.63, 3.8) is 0 Å². The first-order valence-electron chi connectivity index (χ1n) is 4.67. The van der Waals surface area contributed by atoms with E-state index in [1.807, 2.05) is 0 Å². The highest BCUT2D eigenvalue weighted by Gasteiger charge is 2.18. The van der Waals surface area contributed by atoms with E-state index in [1.165, 1.54) is 18.7 Å². The average Bonchev–Trinajstić information content (AvgIpc) is 2.34. The van der Waals surface area contributed by atoms with Gasteiger partial charge in [-0.25, -0.2) is 18.7 Å². The fourth-order valence-corrected chi connectivity index (χ4v) is 1.53. The number of nitrogens with zero attached hydrogens (tertiary/aromatic N) is 2. The summed E-state index contributed by atoms with van der Waals surface area (Å²) in [6, 6.07) is 1.68. The second kappa shape index (κ2) is 4.73. The maximum absolute atomic E-state index is 13.5. The molecular formula is C11H7ClF2N2O. The molecule has 2 rings (SSSR count). The lowest BCUT2D eigenvalue weighted by Crippen LogP contribution is -2.04. The highest BCUT2D eigenvalue weighted by atomic mass is 35.5. The Balaban J connectivity index is 2.44. The SMILES string of the molecule is OC(c1cncnc1)c1cc(F)c(Cl)cc1F. The summed E-state index contributed by atoms with van der Waals surface area (Å²) in [6.07, 6.45) is 2.59. The van der Waals surface area contributed by atoms with Gasteiger partial charge in [-0.15, -0.1) is 0 Å². The van der Waals surface area contributed by atoms with E-state index >= 15 is 0 Å². The number of benzene rings is 1. The second-order valence-electron chi connectivity index (χ2n) is 3.36. The molecule has 6 heteroatoms. The summed E-state index contributed by atoms with van der Waals surface area (Å²) in [5, 5.41) is 9.53. The van der Waals surface area contributed by atoms with Crippen molar-refractivity contribution in [3.05, 3.63) is 58.6 Å². The number of aliphatic hydroxyl groups excluding tert-OH is 1. The molecule has 88 valence electrons. The molecule has 0 aliphatic rings. The van der Waals surface area contributed by atoms with Gasteiger partial charge in [0.25, 0.3) is 0 Å². The summed E-state index contributed by atoms with van der Waals surface area (Å²) < 4.78 is 26.7. The van der Waals surface area contributed by atoms with Crippen LogP contribution in [0.3, 0.4) is 0 Å². The van der Waals surface area contributed by atoms with Crippen LogP contribution in [0.1, 0.15) is 17.2 Å². The Kier molecular flexibility index (Phi) is 3.31. The predicted octanol–water partition coefficient (Wildman–Crippen LogP) is 2.49. The van der Waals surface area contributed by atoms with Crippen molar-refractivity contribution in [2.24, 2.45) is 0 Å². The van der Waals surface area contributed by atoms with Crippen LogP contribution < -0.4 is 0 Å². The number of aromatic nitrogens is 2. The van der Waals surface area contributed by atoms with Crippen LogP contribution in [0.2, 0.25) is 5.02 Å². The molecule has 0 spiro atoms. The smallest absolute Gasteiger partial charge is 0.142 e. The van der Waals surface area contributed by atoms with Gasteiger partial charge in [0.15, 0.2) is 0 Å². The molecule has 0 saturated heterocycles. The minimum Gasteiger partial charge on any atom is -0.383 e. The molecule has 1 atom stereocenters. The molecule has 2 aromatic rings. The van der Waals surface area contributed by atoms with Crippen molar-refractivity contribution in [1.29, 1.82) is 0 Å². The van der Waals surface area contributed by atoms with Gasteiger partial charge < -0.3 is 5.11 Å². The van der Waals surface area contributed by atoms with Crippen molar-refractivity contribution in [1.82, 2.24) is 9.97 Å². The third kappa shape index (κ3) is 2.40. The summed E-state index contributed by atoms with van der Waals surface area (Å²) in [6.45, 7) is 0. The van der Waals surface area contributed by atoms with E-state index in [1.54, 1.807) is 0 Å². The highest BCUT2D eigenvalue weighted by Crippen LogP contribution is 2.27. The van der Waals surface area contributed by atoms with E-state index in [9.17, 15) is 13.9 Å². The Morgan fingerprint density at radius 2 is 1.76 bits per heavy atom. The van der Waals surface area contributed by atoms with Crippen LogP contribution in [0, 0.1) is 11.6 Å². The molecule has 3 nitrogen and oxygen atoms in total. The molecule has 1 unspecified atom stereocenters. The minimum atomic E-state index is -1.33. The van der Waals surface area contributed by atoms with Crippen molar-refractivity contribution < 1.29 is 13.9 Å². The molecule has 0 radical (unpaired) electrons. The van der Waals surface area contributed by atoms with Crippen LogP contribution in [0.5, 0.6) is 0 Å². The summed E-state index contributed by atoms with van der Waals surface area (Å²) in [4.78, 5) is 7.38. The molecular weight excluding hydrogens is 250 g/mol. The van der Waals surface area contributed by atoms with Gasteiger partial charge in [-0.3, -0.25) is 0 Å². The van der Waals surface area contributed by atoms with E-state index in [0.717, 1.165) is 12.1 Å². The first-order valence-corrected chi connectivity index (χ1v) is 5.05. The normalized spacial score (nSPS) is 12.5. The summed E-state index contributed by atoms with van der Waals surface area (Å²) >= 11 is 5.42. The molecule has 0 amide bonds. The molecule has 1 aromatic carbocycles. The third-order valence-electron chi connectivity index (χ3n) is 2.23. The van der Waals surface area contributed by atoms with E-state index in [2.05, 4.69) is 9.97 Å². The quantitative estimate of drug-likeness (QED) is 0.840. The third-order valence-corrected chi connectivity index (χ3v) is 2.52. The van der Waals surface area contributed by atoms with Crippen LogP contribution in [0.4, 0.5) is 8.78 Å². The van der Waals surface area contributed by atoms with Crippen molar-refractivity contribution in [3.8, 4) is 0 Å². The lowest BCUT2D eigenvalue weighted by molar-refractivity contribution is 0.213. The number of hydrogen-bond donors (Lipinski definition) is 1. The van der Waals surface area contributed by atoms with Crippen molar-refractivity contribution in [2.75, 3.05) is 0 Å². The van der Waals surface area contributed by atoms with Gasteiger partial charge in [-0.1, -0.05) is 11.6 Å². The Morgan fingerprint density at radius 3 is 2.41 bits per heavy atom. The van der Waals surface area contributed by atoms with Gasteiger partial charge in [-0.2, -0.15) is 0 Å². The Hall–Kier alpha value is -1.59. The van der Waals surface area contributed by atoms with Crippen LogP contribution in [0.15, 0.2) is 30.9 Å². The lowest BCUT2D eigenvalue weighted by atomic mass is 10.0. The number of aliphatic hydroxyl groups is 1. The standard InChI is InChI=1S/C11H7ClF2N2O/c12-8-2-9(13)7(1-10(8)14)11(17)6-3-15-5-16-4-6/h1-5,11,17H. The Bertz CT molecular complexity index is 536. The first-order chi connectivity index (χ1) is 8.09. The van der Waals surface area contributed by atoms with Crippen molar-refractivity contribution in [2.45, 2.75) is 6.10 Å². The van der Waals surface area contributed by atoms with E-state index in [0.29, 0.717) is 0 Å². The van der Waals surface area contributed by atoms with E-state index in [-0.39, 0.29) is 16.1 Å². The molecule has 1 N–H and O–H groups in total. The molecule has 0 aliphatic heterocycles. The Morgan fingerprint density at radius 1 is 1.12 bits per heavy atom. The fourth-order valence-electron chi connectivity index (χ4n) is 1.38. The maximum atomic E-state index is 13.5. The van der Waals surface area contributed by atoms with Crippen LogP contribution >= 0.6 is 11.6 Å². The molecule has 0 bridgehead atoms. The van der Waals surface area contributed by atoms with E-state index < -0.39 is 17.7 Å². The molecule has 0 saturated carbocycles. The van der Waals surface area contributed by atoms with Gasteiger partial charge in [0, 0.05) is 23.5 Å². The van der Waals surface area contributed by atoms with Crippen LogP contribution in [0.25, 0.3) is 0 Å². The lowest BCUT2D eigenvalue weighted by Gasteiger charge is -2.12. The summed E-state index contributed by atoms with van der Waals surface area (Å²) in [5.41, 5.74) is 0.0647. The molecule has 0 aliphatic carbocycles. The largest absolute Gasteiger partial charge is 0.383 e.